The van der Waals surface area contributed by atoms with Crippen LogP contribution in [0.5, 0.6) is 0 Å². The number of nitrogen functional groups attached to an aromatic ring is 1. The van der Waals surface area contributed by atoms with Gasteiger partial charge in [-0.3, -0.25) is 4.79 Å². The van der Waals surface area contributed by atoms with Crippen molar-refractivity contribution in [2.24, 2.45) is 0 Å². The number of nitrogens with two attached hydrogens (primary N) is 1. The molecule has 0 atom stereocenters. The molecular weight excluding hydrogens is 415 g/mol. The summed E-state index contributed by atoms with van der Waals surface area (Å²) in [6.45, 7) is 3.56. The molecule has 3 N–H and O–H groups in total. The number of anilines is 2. The van der Waals surface area contributed by atoms with E-state index in [9.17, 15) is 9.18 Å². The standard InChI is InChI=1S/C19H20BrFN4O2/c1-3-25-17-9-18(23-4-5-27-2)24-10-11(17)6-13(19(25)26)12-7-16(22)15(21)8-14(12)20/h6-10H,3-5,22H2,1-2H3,(H,23,24). The molecule has 0 saturated heterocycles. The van der Waals surface area contributed by atoms with Gasteiger partial charge in [0.05, 0.1) is 17.8 Å². The molecule has 0 unspecified atom stereocenters. The van der Waals surface area contributed by atoms with Gasteiger partial charge in [-0.2, -0.15) is 0 Å². The molecule has 0 aliphatic heterocycles. The summed E-state index contributed by atoms with van der Waals surface area (Å²) < 4.78 is 20.8. The van der Waals surface area contributed by atoms with E-state index in [4.69, 9.17) is 10.5 Å². The van der Waals surface area contributed by atoms with E-state index in [2.05, 4.69) is 26.2 Å². The highest BCUT2D eigenvalue weighted by Crippen LogP contribution is 2.31. The van der Waals surface area contributed by atoms with Crippen LogP contribution in [0.25, 0.3) is 22.0 Å². The minimum Gasteiger partial charge on any atom is -0.396 e. The SMILES string of the molecule is CCn1c(=O)c(-c2cc(N)c(F)cc2Br)cc2cnc(NCCOC)cc21. The minimum atomic E-state index is -0.532. The lowest BCUT2D eigenvalue weighted by Crippen LogP contribution is -2.22. The van der Waals surface area contributed by atoms with Crippen molar-refractivity contribution < 1.29 is 9.13 Å². The number of benzene rings is 1. The van der Waals surface area contributed by atoms with E-state index in [1.807, 2.05) is 13.0 Å². The van der Waals surface area contributed by atoms with E-state index < -0.39 is 5.82 Å². The van der Waals surface area contributed by atoms with Gasteiger partial charge in [0.25, 0.3) is 5.56 Å². The van der Waals surface area contributed by atoms with Gasteiger partial charge in [0.1, 0.15) is 11.6 Å². The molecule has 0 amide bonds. The Morgan fingerprint density at radius 1 is 1.30 bits per heavy atom. The average molecular weight is 435 g/mol. The Kier molecular flexibility index (Phi) is 5.76. The van der Waals surface area contributed by atoms with E-state index in [1.165, 1.54) is 12.1 Å². The molecule has 27 heavy (non-hydrogen) atoms. The van der Waals surface area contributed by atoms with E-state index >= 15 is 0 Å². The maximum Gasteiger partial charge on any atom is 0.258 e. The fourth-order valence-corrected chi connectivity index (χ4v) is 3.46. The number of aromatic nitrogens is 2. The number of aryl methyl sites for hydroxylation is 1. The Hall–Kier alpha value is -2.45. The largest absolute Gasteiger partial charge is 0.396 e. The van der Waals surface area contributed by atoms with Crippen molar-refractivity contribution in [2.45, 2.75) is 13.5 Å². The van der Waals surface area contributed by atoms with Crippen LogP contribution in [0.15, 0.2) is 39.7 Å². The first kappa shape index (κ1) is 19.3. The van der Waals surface area contributed by atoms with Crippen LogP contribution in [0, 0.1) is 5.82 Å². The molecule has 0 radical (unpaired) electrons. The monoisotopic (exact) mass is 434 g/mol. The van der Waals surface area contributed by atoms with Gasteiger partial charge in [-0.1, -0.05) is 15.9 Å². The predicted molar refractivity (Wildman–Crippen MR) is 110 cm³/mol. The van der Waals surface area contributed by atoms with Crippen molar-refractivity contribution in [1.29, 1.82) is 0 Å². The molecule has 2 aromatic heterocycles. The lowest BCUT2D eigenvalue weighted by atomic mass is 10.0. The highest BCUT2D eigenvalue weighted by Gasteiger charge is 2.15. The number of fused-ring (bicyclic) bond motifs is 1. The Morgan fingerprint density at radius 2 is 2.07 bits per heavy atom. The number of rotatable bonds is 6. The number of hydrogen-bond donors (Lipinski definition) is 2. The lowest BCUT2D eigenvalue weighted by Gasteiger charge is -2.14. The van der Waals surface area contributed by atoms with E-state index in [-0.39, 0.29) is 11.2 Å². The first-order valence-electron chi connectivity index (χ1n) is 8.47. The molecule has 142 valence electrons. The zero-order valence-electron chi connectivity index (χ0n) is 15.1. The second kappa shape index (κ2) is 8.06. The van der Waals surface area contributed by atoms with E-state index in [0.717, 1.165) is 10.9 Å². The summed E-state index contributed by atoms with van der Waals surface area (Å²) in [4.78, 5) is 17.5. The van der Waals surface area contributed by atoms with Gasteiger partial charge in [0, 0.05) is 53.4 Å². The topological polar surface area (TPSA) is 82.2 Å². The van der Waals surface area contributed by atoms with Crippen molar-refractivity contribution in [1.82, 2.24) is 9.55 Å². The molecule has 0 bridgehead atoms. The highest BCUT2D eigenvalue weighted by molar-refractivity contribution is 9.10. The number of ether oxygens (including phenoxy) is 1. The number of nitrogens with one attached hydrogen (secondary N) is 1. The zero-order valence-corrected chi connectivity index (χ0v) is 16.6. The Balaban J connectivity index is 2.17. The number of nitrogens with zero attached hydrogens (tertiary/aromatic N) is 2. The molecule has 0 saturated carbocycles. The van der Waals surface area contributed by atoms with Crippen LogP contribution in [-0.4, -0.2) is 29.8 Å². The summed E-state index contributed by atoms with van der Waals surface area (Å²) in [5, 5.41) is 3.96. The second-order valence-corrected chi connectivity index (χ2v) is 6.86. The maximum absolute atomic E-state index is 13.7. The van der Waals surface area contributed by atoms with Gasteiger partial charge in [0.15, 0.2) is 0 Å². The predicted octanol–water partition coefficient (Wildman–Crippen LogP) is 3.63. The number of hydrogen-bond acceptors (Lipinski definition) is 5. The van der Waals surface area contributed by atoms with Crippen molar-refractivity contribution in [3.05, 3.63) is 51.1 Å². The average Bonchev–Trinajstić information content (AvgIpc) is 2.65. The maximum atomic E-state index is 13.7. The minimum absolute atomic E-state index is 0.00781. The van der Waals surface area contributed by atoms with Crippen LogP contribution in [0.1, 0.15) is 6.92 Å². The number of halogens is 2. The molecule has 1 aromatic carbocycles. The first-order chi connectivity index (χ1) is 13.0. The number of methoxy groups -OCH3 is 1. The van der Waals surface area contributed by atoms with Gasteiger partial charge in [-0.25, -0.2) is 9.37 Å². The lowest BCUT2D eigenvalue weighted by molar-refractivity contribution is 0.210. The van der Waals surface area contributed by atoms with Gasteiger partial charge in [-0.15, -0.1) is 0 Å². The van der Waals surface area contributed by atoms with Crippen LogP contribution in [0.4, 0.5) is 15.9 Å². The highest BCUT2D eigenvalue weighted by atomic mass is 79.9. The molecule has 0 fully saturated rings. The van der Waals surface area contributed by atoms with Crippen molar-refractivity contribution in [3.63, 3.8) is 0 Å². The summed E-state index contributed by atoms with van der Waals surface area (Å²) in [6.07, 6.45) is 1.71. The van der Waals surface area contributed by atoms with Crippen LogP contribution in [0.3, 0.4) is 0 Å². The molecule has 0 aliphatic carbocycles. The molecule has 3 aromatic rings. The smallest absolute Gasteiger partial charge is 0.258 e. The summed E-state index contributed by atoms with van der Waals surface area (Å²) in [5.41, 5.74) is 7.27. The van der Waals surface area contributed by atoms with Crippen molar-refractivity contribution in [2.75, 3.05) is 31.3 Å². The molecule has 3 rings (SSSR count). The van der Waals surface area contributed by atoms with Crippen molar-refractivity contribution in [3.8, 4) is 11.1 Å². The summed E-state index contributed by atoms with van der Waals surface area (Å²) in [5.74, 6) is 0.136. The van der Waals surface area contributed by atoms with Crippen LogP contribution in [-0.2, 0) is 11.3 Å². The fraction of sp³-hybridized carbons (Fsp3) is 0.263. The van der Waals surface area contributed by atoms with Gasteiger partial charge < -0.3 is 20.4 Å². The molecule has 8 heteroatoms. The normalized spacial score (nSPS) is 11.1. The number of pyridine rings is 2. The van der Waals surface area contributed by atoms with Crippen LogP contribution < -0.4 is 16.6 Å². The Bertz CT molecular complexity index is 1050. The van der Waals surface area contributed by atoms with E-state index in [0.29, 0.717) is 41.1 Å². The quantitative estimate of drug-likeness (QED) is 0.457. The molecular formula is C19H20BrFN4O2. The third-order valence-corrected chi connectivity index (χ3v) is 4.94. The molecule has 0 aliphatic rings. The molecule has 2 heterocycles. The summed E-state index contributed by atoms with van der Waals surface area (Å²) in [7, 11) is 1.63. The van der Waals surface area contributed by atoms with Crippen LogP contribution in [0.2, 0.25) is 0 Å². The Morgan fingerprint density at radius 3 is 2.78 bits per heavy atom. The second-order valence-electron chi connectivity index (χ2n) is 6.01. The first-order valence-corrected chi connectivity index (χ1v) is 9.26. The fourth-order valence-electron chi connectivity index (χ4n) is 2.93. The summed E-state index contributed by atoms with van der Waals surface area (Å²) in [6, 6.07) is 6.34. The van der Waals surface area contributed by atoms with Gasteiger partial charge in [0.2, 0.25) is 0 Å². The van der Waals surface area contributed by atoms with E-state index in [1.54, 1.807) is 23.9 Å². The zero-order chi connectivity index (χ0) is 19.6. The summed E-state index contributed by atoms with van der Waals surface area (Å²) >= 11 is 3.33. The third-order valence-electron chi connectivity index (χ3n) is 4.28. The third kappa shape index (κ3) is 3.81. The van der Waals surface area contributed by atoms with Gasteiger partial charge in [-0.05, 0) is 25.1 Å². The van der Waals surface area contributed by atoms with Gasteiger partial charge >= 0.3 is 0 Å². The van der Waals surface area contributed by atoms with Crippen LogP contribution >= 0.6 is 15.9 Å². The molecule has 0 spiro atoms. The van der Waals surface area contributed by atoms with Crippen molar-refractivity contribution >= 4 is 38.3 Å². The Labute approximate surface area is 164 Å². The molecule has 6 nitrogen and oxygen atoms in total.